The van der Waals surface area contributed by atoms with Gasteiger partial charge in [0, 0.05) is 12.6 Å². The van der Waals surface area contributed by atoms with Gasteiger partial charge in [0.25, 0.3) is 0 Å². The molecule has 114 valence electrons. The van der Waals surface area contributed by atoms with E-state index in [-0.39, 0.29) is 24.5 Å². The predicted octanol–water partition coefficient (Wildman–Crippen LogP) is 0.834. The summed E-state index contributed by atoms with van der Waals surface area (Å²) in [6, 6.07) is -0.332. The lowest BCUT2D eigenvalue weighted by Gasteiger charge is -2.29. The third-order valence-electron chi connectivity index (χ3n) is 3.62. The maximum Gasteiger partial charge on any atom is 0.325 e. The van der Waals surface area contributed by atoms with E-state index < -0.39 is 11.9 Å². The van der Waals surface area contributed by atoms with Crippen LogP contribution in [0.25, 0.3) is 0 Å². The Morgan fingerprint density at radius 2 is 1.85 bits per heavy atom. The fraction of sp³-hybridized carbons (Fsp3) is 0.769. The molecule has 1 aliphatic rings. The highest BCUT2D eigenvalue weighted by Crippen LogP contribution is 2.24. The van der Waals surface area contributed by atoms with Crippen LogP contribution in [0.15, 0.2) is 0 Å². The molecule has 1 rings (SSSR count). The summed E-state index contributed by atoms with van der Waals surface area (Å²) in [6.07, 6.45) is 2.45. The van der Waals surface area contributed by atoms with Gasteiger partial charge in [0.2, 0.25) is 0 Å². The van der Waals surface area contributed by atoms with Crippen molar-refractivity contribution in [2.75, 3.05) is 20.2 Å². The molecular weight excluding hydrogens is 264 g/mol. The second-order valence-electron chi connectivity index (χ2n) is 4.93. The number of carboxylic acids is 1. The summed E-state index contributed by atoms with van der Waals surface area (Å²) in [6.45, 7) is 2.11. The molecular formula is C13H22N2O5. The number of rotatable bonds is 5. The highest BCUT2D eigenvalue weighted by molar-refractivity contribution is 5.81. The highest BCUT2D eigenvalue weighted by Gasteiger charge is 2.27. The summed E-state index contributed by atoms with van der Waals surface area (Å²) in [7, 11) is 1.28. The molecule has 0 aromatic carbocycles. The SMILES string of the molecule is CCN(CC(=O)OC)C(=O)NC1CCC(C(=O)O)CC1. The average molecular weight is 286 g/mol. The molecule has 20 heavy (non-hydrogen) atoms. The molecule has 1 aliphatic carbocycles. The van der Waals surface area contributed by atoms with Gasteiger partial charge in [-0.1, -0.05) is 0 Å². The Hall–Kier alpha value is -1.79. The number of methoxy groups -OCH3 is 1. The van der Waals surface area contributed by atoms with Crippen LogP contribution in [-0.4, -0.2) is 54.2 Å². The number of nitrogens with one attached hydrogen (secondary N) is 1. The van der Waals surface area contributed by atoms with Crippen LogP contribution >= 0.6 is 0 Å². The standard InChI is InChI=1S/C13H22N2O5/c1-3-15(8-11(16)20-2)13(19)14-10-6-4-9(5-7-10)12(17)18/h9-10H,3-8H2,1-2H3,(H,14,19)(H,17,18). The van der Waals surface area contributed by atoms with Crippen molar-refractivity contribution in [2.45, 2.75) is 38.6 Å². The number of urea groups is 1. The zero-order valence-corrected chi connectivity index (χ0v) is 11.9. The van der Waals surface area contributed by atoms with Crippen LogP contribution in [0.4, 0.5) is 4.79 Å². The van der Waals surface area contributed by atoms with Crippen LogP contribution in [0.1, 0.15) is 32.6 Å². The lowest BCUT2D eigenvalue weighted by atomic mass is 9.86. The fourth-order valence-electron chi connectivity index (χ4n) is 2.30. The maximum atomic E-state index is 12.0. The van der Waals surface area contributed by atoms with Gasteiger partial charge < -0.3 is 20.1 Å². The first-order valence-corrected chi connectivity index (χ1v) is 6.83. The molecule has 0 spiro atoms. The number of likely N-dealkylation sites (N-methyl/N-ethyl adjacent to an activating group) is 1. The van der Waals surface area contributed by atoms with Crippen molar-refractivity contribution in [3.63, 3.8) is 0 Å². The Balaban J connectivity index is 2.41. The summed E-state index contributed by atoms with van der Waals surface area (Å²) in [5.41, 5.74) is 0. The van der Waals surface area contributed by atoms with E-state index >= 15 is 0 Å². The summed E-state index contributed by atoms with van der Waals surface area (Å²) < 4.78 is 4.54. The first-order chi connectivity index (χ1) is 9.47. The molecule has 2 N–H and O–H groups in total. The van der Waals surface area contributed by atoms with Gasteiger partial charge in [0.15, 0.2) is 0 Å². The predicted molar refractivity (Wildman–Crippen MR) is 71.2 cm³/mol. The van der Waals surface area contributed by atoms with Crippen LogP contribution in [0, 0.1) is 5.92 Å². The van der Waals surface area contributed by atoms with E-state index in [0.717, 1.165) is 0 Å². The molecule has 0 aliphatic heterocycles. The molecule has 7 nitrogen and oxygen atoms in total. The molecule has 0 heterocycles. The second-order valence-corrected chi connectivity index (χ2v) is 4.93. The highest BCUT2D eigenvalue weighted by atomic mass is 16.5. The number of ether oxygens (including phenoxy) is 1. The molecule has 7 heteroatoms. The quantitative estimate of drug-likeness (QED) is 0.730. The van der Waals surface area contributed by atoms with E-state index in [2.05, 4.69) is 10.1 Å². The van der Waals surface area contributed by atoms with Crippen LogP contribution in [0.5, 0.6) is 0 Å². The van der Waals surface area contributed by atoms with E-state index in [1.807, 2.05) is 0 Å². The number of amides is 2. The number of carbonyl (C=O) groups excluding carboxylic acids is 2. The second kappa shape index (κ2) is 7.72. The van der Waals surface area contributed by atoms with Crippen molar-refractivity contribution < 1.29 is 24.2 Å². The Labute approximate surface area is 118 Å². The summed E-state index contributed by atoms with van der Waals surface area (Å²) in [5.74, 6) is -1.53. The molecule has 0 atom stereocenters. The average Bonchev–Trinajstić information content (AvgIpc) is 2.44. The monoisotopic (exact) mass is 286 g/mol. The van der Waals surface area contributed by atoms with Gasteiger partial charge in [-0.3, -0.25) is 9.59 Å². The van der Waals surface area contributed by atoms with Gasteiger partial charge in [-0.2, -0.15) is 0 Å². The van der Waals surface area contributed by atoms with E-state index in [1.54, 1.807) is 6.92 Å². The lowest BCUT2D eigenvalue weighted by molar-refractivity contribution is -0.143. The molecule has 2 amide bonds. The number of hydrogen-bond donors (Lipinski definition) is 2. The Morgan fingerprint density at radius 1 is 1.25 bits per heavy atom. The first-order valence-electron chi connectivity index (χ1n) is 6.83. The topological polar surface area (TPSA) is 95.9 Å². The summed E-state index contributed by atoms with van der Waals surface area (Å²) in [5, 5.41) is 11.8. The minimum Gasteiger partial charge on any atom is -0.481 e. The Bertz CT molecular complexity index is 364. The molecule has 0 aromatic rings. The number of aliphatic carboxylic acids is 1. The minimum absolute atomic E-state index is 0.0233. The van der Waals surface area contributed by atoms with E-state index in [1.165, 1.54) is 12.0 Å². The van der Waals surface area contributed by atoms with Crippen molar-refractivity contribution in [3.8, 4) is 0 Å². The number of esters is 1. The molecule has 0 saturated heterocycles. The van der Waals surface area contributed by atoms with Crippen molar-refractivity contribution >= 4 is 18.0 Å². The number of carbonyl (C=O) groups is 3. The van der Waals surface area contributed by atoms with Gasteiger partial charge in [-0.15, -0.1) is 0 Å². The van der Waals surface area contributed by atoms with Crippen LogP contribution in [0.2, 0.25) is 0 Å². The van der Waals surface area contributed by atoms with Gasteiger partial charge >= 0.3 is 18.0 Å². The normalized spacial score (nSPS) is 21.9. The summed E-state index contributed by atoms with van der Waals surface area (Å²) >= 11 is 0. The minimum atomic E-state index is -0.768. The third kappa shape index (κ3) is 4.71. The maximum absolute atomic E-state index is 12.0. The van der Waals surface area contributed by atoms with Crippen molar-refractivity contribution in [3.05, 3.63) is 0 Å². The van der Waals surface area contributed by atoms with Gasteiger partial charge in [0.1, 0.15) is 6.54 Å². The third-order valence-corrected chi connectivity index (χ3v) is 3.62. The van der Waals surface area contributed by atoms with Crippen LogP contribution in [0.3, 0.4) is 0 Å². The number of carboxylic acid groups (broad SMARTS) is 1. The zero-order valence-electron chi connectivity index (χ0n) is 11.9. The smallest absolute Gasteiger partial charge is 0.325 e. The van der Waals surface area contributed by atoms with E-state index in [9.17, 15) is 14.4 Å². The molecule has 1 saturated carbocycles. The van der Waals surface area contributed by atoms with Gasteiger partial charge in [-0.25, -0.2) is 4.79 Å². The zero-order chi connectivity index (χ0) is 15.1. The summed E-state index contributed by atoms with van der Waals surface area (Å²) in [4.78, 5) is 35.4. The first kappa shape index (κ1) is 16.3. The van der Waals surface area contributed by atoms with Crippen molar-refractivity contribution in [2.24, 2.45) is 5.92 Å². The van der Waals surface area contributed by atoms with Gasteiger partial charge in [-0.05, 0) is 32.6 Å². The molecule has 0 unspecified atom stereocenters. The van der Waals surface area contributed by atoms with Crippen molar-refractivity contribution in [1.82, 2.24) is 10.2 Å². The Kier molecular flexibility index (Phi) is 6.27. The van der Waals surface area contributed by atoms with Crippen molar-refractivity contribution in [1.29, 1.82) is 0 Å². The number of nitrogens with zero attached hydrogens (tertiary/aromatic N) is 1. The molecule has 1 fully saturated rings. The lowest BCUT2D eigenvalue weighted by Crippen LogP contribution is -2.48. The van der Waals surface area contributed by atoms with E-state index in [4.69, 9.17) is 5.11 Å². The van der Waals surface area contributed by atoms with E-state index in [0.29, 0.717) is 32.2 Å². The Morgan fingerprint density at radius 3 is 2.30 bits per heavy atom. The van der Waals surface area contributed by atoms with Crippen LogP contribution in [-0.2, 0) is 14.3 Å². The molecule has 0 radical (unpaired) electrons. The number of hydrogen-bond acceptors (Lipinski definition) is 4. The molecule has 0 aromatic heterocycles. The van der Waals surface area contributed by atoms with Gasteiger partial charge in [0.05, 0.1) is 13.0 Å². The van der Waals surface area contributed by atoms with Crippen LogP contribution < -0.4 is 5.32 Å². The fourth-order valence-corrected chi connectivity index (χ4v) is 2.30. The largest absolute Gasteiger partial charge is 0.481 e. The molecule has 0 bridgehead atoms.